The lowest BCUT2D eigenvalue weighted by atomic mass is 9.91. The summed E-state index contributed by atoms with van der Waals surface area (Å²) in [6, 6.07) is 26.3. The maximum Gasteiger partial charge on any atom is 0.142 e. The Hall–Kier alpha value is -3.52. The first-order chi connectivity index (χ1) is 16.8. The smallest absolute Gasteiger partial charge is 0.142 e. The molecule has 0 aliphatic carbocycles. The van der Waals surface area contributed by atoms with Crippen LogP contribution < -0.4 is 0 Å². The van der Waals surface area contributed by atoms with Gasteiger partial charge in [0.2, 0.25) is 0 Å². The van der Waals surface area contributed by atoms with Gasteiger partial charge in [-0.1, -0.05) is 75.2 Å². The Bertz CT molecular complexity index is 1510. The van der Waals surface area contributed by atoms with Gasteiger partial charge in [-0.2, -0.15) is 0 Å². The molecule has 4 aromatic carbocycles. The molecule has 0 radical (unpaired) electrons. The van der Waals surface area contributed by atoms with Crippen molar-refractivity contribution in [3.05, 3.63) is 84.3 Å². The molecule has 0 amide bonds. The number of aryl methyl sites for hydroxylation is 2. The van der Waals surface area contributed by atoms with Gasteiger partial charge in [-0.25, -0.2) is 0 Å². The molecular formula is C32H30O2. The van der Waals surface area contributed by atoms with Gasteiger partial charge >= 0.3 is 0 Å². The molecule has 6 aromatic rings. The number of rotatable bonds is 7. The fraction of sp³-hybridized carbons (Fsp3) is 0.250. The Kier molecular flexibility index (Phi) is 5.37. The molecule has 2 heterocycles. The Morgan fingerprint density at radius 2 is 0.971 bits per heavy atom. The molecule has 0 fully saturated rings. The van der Waals surface area contributed by atoms with Crippen LogP contribution in [-0.2, 0) is 12.8 Å². The SMILES string of the molecule is CCCCc1cc2cc3ccccc3c(-c3c4ccccc4cc4cc(CCCC)oc34)c2o1. The summed E-state index contributed by atoms with van der Waals surface area (Å²) in [5.74, 6) is 2.13. The lowest BCUT2D eigenvalue weighted by Gasteiger charge is -2.12. The van der Waals surface area contributed by atoms with Crippen LogP contribution in [0.15, 0.2) is 81.6 Å². The summed E-state index contributed by atoms with van der Waals surface area (Å²) in [4.78, 5) is 0. The van der Waals surface area contributed by atoms with E-state index in [4.69, 9.17) is 8.83 Å². The van der Waals surface area contributed by atoms with Crippen LogP contribution in [0.3, 0.4) is 0 Å². The largest absolute Gasteiger partial charge is 0.460 e. The maximum atomic E-state index is 6.59. The van der Waals surface area contributed by atoms with E-state index in [0.29, 0.717) is 0 Å². The van der Waals surface area contributed by atoms with Crippen LogP contribution in [0.5, 0.6) is 0 Å². The quantitative estimate of drug-likeness (QED) is 0.244. The molecule has 0 saturated carbocycles. The van der Waals surface area contributed by atoms with Gasteiger partial charge in [0.25, 0.3) is 0 Å². The zero-order valence-corrected chi connectivity index (χ0v) is 20.0. The van der Waals surface area contributed by atoms with Crippen molar-refractivity contribution in [1.82, 2.24) is 0 Å². The number of unbranched alkanes of at least 4 members (excludes halogenated alkanes) is 2. The number of benzene rings is 4. The summed E-state index contributed by atoms with van der Waals surface area (Å²) in [6.45, 7) is 4.45. The van der Waals surface area contributed by atoms with Crippen LogP contribution in [0, 0.1) is 0 Å². The Morgan fingerprint density at radius 3 is 1.41 bits per heavy atom. The number of furan rings is 2. The summed E-state index contributed by atoms with van der Waals surface area (Å²) >= 11 is 0. The highest BCUT2D eigenvalue weighted by Crippen LogP contribution is 2.45. The minimum atomic E-state index is 0.966. The topological polar surface area (TPSA) is 26.3 Å². The lowest BCUT2D eigenvalue weighted by Crippen LogP contribution is -1.87. The van der Waals surface area contributed by atoms with Crippen molar-refractivity contribution in [1.29, 1.82) is 0 Å². The molecule has 0 aliphatic heterocycles. The van der Waals surface area contributed by atoms with Crippen molar-refractivity contribution < 1.29 is 8.83 Å². The van der Waals surface area contributed by atoms with Crippen LogP contribution in [-0.4, -0.2) is 0 Å². The minimum Gasteiger partial charge on any atom is -0.460 e. The van der Waals surface area contributed by atoms with Crippen LogP contribution >= 0.6 is 0 Å². The average Bonchev–Trinajstić information content (AvgIpc) is 3.46. The van der Waals surface area contributed by atoms with Gasteiger partial charge in [0.05, 0.1) is 0 Å². The van der Waals surface area contributed by atoms with E-state index in [2.05, 4.69) is 86.6 Å². The van der Waals surface area contributed by atoms with Crippen molar-refractivity contribution in [2.75, 3.05) is 0 Å². The normalized spacial score (nSPS) is 11.9. The van der Waals surface area contributed by atoms with Crippen molar-refractivity contribution in [3.8, 4) is 11.1 Å². The van der Waals surface area contributed by atoms with Crippen molar-refractivity contribution in [2.24, 2.45) is 0 Å². The third-order valence-corrected chi connectivity index (χ3v) is 6.96. The number of fused-ring (bicyclic) bond motifs is 4. The first-order valence-corrected chi connectivity index (χ1v) is 12.7. The molecule has 2 heteroatoms. The summed E-state index contributed by atoms with van der Waals surface area (Å²) in [5.41, 5.74) is 4.23. The molecule has 2 aromatic heterocycles. The monoisotopic (exact) mass is 446 g/mol. The lowest BCUT2D eigenvalue weighted by molar-refractivity contribution is 0.534. The second-order valence-corrected chi connectivity index (χ2v) is 9.41. The van der Waals surface area contributed by atoms with Crippen LogP contribution in [0.2, 0.25) is 0 Å². The summed E-state index contributed by atoms with van der Waals surface area (Å²) in [6.07, 6.45) is 6.51. The van der Waals surface area contributed by atoms with Gasteiger partial charge in [0.1, 0.15) is 22.7 Å². The predicted octanol–water partition coefficient (Wildman–Crippen LogP) is 9.84. The Balaban J connectivity index is 1.74. The minimum absolute atomic E-state index is 0.966. The third kappa shape index (κ3) is 3.49. The van der Waals surface area contributed by atoms with E-state index in [1.807, 2.05) is 0 Å². The zero-order valence-electron chi connectivity index (χ0n) is 20.0. The molecule has 0 N–H and O–H groups in total. The third-order valence-electron chi connectivity index (χ3n) is 6.96. The van der Waals surface area contributed by atoms with E-state index in [1.165, 1.54) is 32.3 Å². The van der Waals surface area contributed by atoms with E-state index in [1.54, 1.807) is 0 Å². The fourth-order valence-corrected chi connectivity index (χ4v) is 5.25. The van der Waals surface area contributed by atoms with Gasteiger partial charge in [-0.15, -0.1) is 0 Å². The van der Waals surface area contributed by atoms with Crippen LogP contribution in [0.1, 0.15) is 51.1 Å². The highest BCUT2D eigenvalue weighted by molar-refractivity contribution is 6.21. The van der Waals surface area contributed by atoms with E-state index < -0.39 is 0 Å². The fourth-order valence-electron chi connectivity index (χ4n) is 5.25. The number of hydrogen-bond donors (Lipinski definition) is 0. The molecular weight excluding hydrogens is 416 g/mol. The van der Waals surface area contributed by atoms with E-state index in [-0.39, 0.29) is 0 Å². The van der Waals surface area contributed by atoms with Crippen LogP contribution in [0.25, 0.3) is 54.6 Å². The van der Waals surface area contributed by atoms with Crippen molar-refractivity contribution in [2.45, 2.75) is 52.4 Å². The van der Waals surface area contributed by atoms with Gasteiger partial charge in [-0.3, -0.25) is 0 Å². The second-order valence-electron chi connectivity index (χ2n) is 9.41. The van der Waals surface area contributed by atoms with E-state index >= 15 is 0 Å². The zero-order chi connectivity index (χ0) is 23.1. The molecule has 0 unspecified atom stereocenters. The second kappa shape index (κ2) is 8.68. The van der Waals surface area contributed by atoms with Gasteiger partial charge in [-0.05, 0) is 58.7 Å². The summed E-state index contributed by atoms with van der Waals surface area (Å²) in [7, 11) is 0. The van der Waals surface area contributed by atoms with Crippen molar-refractivity contribution in [3.63, 3.8) is 0 Å². The highest BCUT2D eigenvalue weighted by atomic mass is 16.3. The van der Waals surface area contributed by atoms with Gasteiger partial charge in [0.15, 0.2) is 0 Å². The van der Waals surface area contributed by atoms with Crippen molar-refractivity contribution >= 4 is 43.5 Å². The molecule has 0 atom stereocenters. The van der Waals surface area contributed by atoms with E-state index in [9.17, 15) is 0 Å². The molecule has 34 heavy (non-hydrogen) atoms. The van der Waals surface area contributed by atoms with Crippen LogP contribution in [0.4, 0.5) is 0 Å². The molecule has 170 valence electrons. The predicted molar refractivity (Wildman–Crippen MR) is 144 cm³/mol. The Morgan fingerprint density at radius 1 is 0.529 bits per heavy atom. The average molecular weight is 447 g/mol. The van der Waals surface area contributed by atoms with Gasteiger partial charge < -0.3 is 8.83 Å². The maximum absolute atomic E-state index is 6.59. The summed E-state index contributed by atoms with van der Waals surface area (Å²) in [5, 5.41) is 7.20. The highest BCUT2D eigenvalue weighted by Gasteiger charge is 2.21. The molecule has 0 bridgehead atoms. The Labute approximate surface area is 200 Å². The number of hydrogen-bond acceptors (Lipinski definition) is 2. The standard InChI is InChI=1S/C32H30O2/c1-3-5-13-25-19-23-17-21-11-7-9-15-27(21)29(31(23)33-25)30-28-16-10-8-12-22(28)18-24-20-26(14-6-4-2)34-32(24)30/h7-12,15-20H,3-6,13-14H2,1-2H3. The summed E-state index contributed by atoms with van der Waals surface area (Å²) < 4.78 is 13.2. The molecule has 2 nitrogen and oxygen atoms in total. The van der Waals surface area contributed by atoms with E-state index in [0.717, 1.165) is 72.3 Å². The van der Waals surface area contributed by atoms with Gasteiger partial charge in [0, 0.05) is 34.7 Å². The molecule has 0 spiro atoms. The first-order valence-electron chi connectivity index (χ1n) is 12.7. The molecule has 0 aliphatic rings. The molecule has 0 saturated heterocycles. The molecule has 6 rings (SSSR count). The first kappa shape index (κ1) is 21.0.